The zero-order valence-corrected chi connectivity index (χ0v) is 10.0. The third kappa shape index (κ3) is 2.67. The van der Waals surface area contributed by atoms with Gasteiger partial charge in [0.25, 0.3) is 0 Å². The number of halogens is 2. The van der Waals surface area contributed by atoms with Gasteiger partial charge in [0, 0.05) is 11.8 Å². The second-order valence-electron chi connectivity index (χ2n) is 4.80. The molecule has 1 fully saturated rings. The molecule has 1 amide bonds. The Labute approximate surface area is 104 Å². The maximum absolute atomic E-state index is 13.0. The van der Waals surface area contributed by atoms with E-state index in [1.54, 1.807) is 0 Å². The van der Waals surface area contributed by atoms with Crippen molar-refractivity contribution >= 4 is 11.6 Å². The number of carbonyl (C=O) groups is 1. The predicted molar refractivity (Wildman–Crippen MR) is 65.0 cm³/mol. The number of amides is 1. The van der Waals surface area contributed by atoms with Gasteiger partial charge in [0.05, 0.1) is 5.54 Å². The minimum absolute atomic E-state index is 0.231. The quantitative estimate of drug-likeness (QED) is 0.852. The molecule has 1 aromatic carbocycles. The number of hydrogen-bond donors (Lipinski definition) is 2. The van der Waals surface area contributed by atoms with Gasteiger partial charge in [-0.05, 0) is 25.0 Å². The minimum atomic E-state index is -0.984. The van der Waals surface area contributed by atoms with Crippen molar-refractivity contribution in [2.75, 3.05) is 5.32 Å². The highest BCUT2D eigenvalue weighted by Gasteiger charge is 2.35. The minimum Gasteiger partial charge on any atom is -0.324 e. The van der Waals surface area contributed by atoms with Crippen molar-refractivity contribution in [3.05, 3.63) is 29.8 Å². The number of benzene rings is 1. The molecule has 1 aromatic rings. The summed E-state index contributed by atoms with van der Waals surface area (Å²) in [6.07, 6.45) is 4.17. The highest BCUT2D eigenvalue weighted by molar-refractivity contribution is 5.98. The number of carbonyl (C=O) groups excluding carboxylic acids is 1. The van der Waals surface area contributed by atoms with Crippen molar-refractivity contribution in [1.82, 2.24) is 0 Å². The Hall–Kier alpha value is -1.49. The maximum Gasteiger partial charge on any atom is 0.244 e. The van der Waals surface area contributed by atoms with E-state index >= 15 is 0 Å². The van der Waals surface area contributed by atoms with Crippen molar-refractivity contribution in [3.8, 4) is 0 Å². The maximum atomic E-state index is 13.0. The van der Waals surface area contributed by atoms with E-state index < -0.39 is 17.2 Å². The molecule has 3 nitrogen and oxygen atoms in total. The van der Waals surface area contributed by atoms with Crippen molar-refractivity contribution < 1.29 is 13.6 Å². The van der Waals surface area contributed by atoms with Crippen LogP contribution in [-0.4, -0.2) is 11.4 Å². The third-order valence-corrected chi connectivity index (χ3v) is 3.38. The molecule has 3 N–H and O–H groups in total. The number of rotatable bonds is 2. The van der Waals surface area contributed by atoms with Crippen molar-refractivity contribution in [1.29, 1.82) is 0 Å². The predicted octanol–water partition coefficient (Wildman–Crippen LogP) is 2.56. The van der Waals surface area contributed by atoms with Gasteiger partial charge < -0.3 is 11.1 Å². The van der Waals surface area contributed by atoms with Crippen molar-refractivity contribution in [2.24, 2.45) is 5.73 Å². The fraction of sp³-hybridized carbons (Fsp3) is 0.462. The lowest BCUT2D eigenvalue weighted by Gasteiger charge is -2.31. The molecular formula is C13H16F2N2O. The van der Waals surface area contributed by atoms with E-state index in [4.69, 9.17) is 5.73 Å². The molecule has 0 saturated heterocycles. The van der Waals surface area contributed by atoms with E-state index in [-0.39, 0.29) is 11.6 Å². The molecule has 98 valence electrons. The number of anilines is 1. The van der Waals surface area contributed by atoms with Gasteiger partial charge in [-0.3, -0.25) is 4.79 Å². The molecular weight excluding hydrogens is 238 g/mol. The summed E-state index contributed by atoms with van der Waals surface area (Å²) in [7, 11) is 0. The molecule has 0 radical (unpaired) electrons. The average Bonchev–Trinajstić information content (AvgIpc) is 2.35. The van der Waals surface area contributed by atoms with E-state index in [1.165, 1.54) is 6.07 Å². The lowest BCUT2D eigenvalue weighted by atomic mass is 9.82. The summed E-state index contributed by atoms with van der Waals surface area (Å²) < 4.78 is 25.8. The summed E-state index contributed by atoms with van der Waals surface area (Å²) in [5.41, 5.74) is 5.38. The van der Waals surface area contributed by atoms with Gasteiger partial charge in [0.1, 0.15) is 0 Å². The fourth-order valence-corrected chi connectivity index (χ4v) is 2.24. The van der Waals surface area contributed by atoms with E-state index in [9.17, 15) is 13.6 Å². The monoisotopic (exact) mass is 254 g/mol. The van der Waals surface area contributed by atoms with Crippen LogP contribution >= 0.6 is 0 Å². The summed E-state index contributed by atoms with van der Waals surface area (Å²) in [6, 6.07) is 3.26. The zero-order valence-electron chi connectivity index (χ0n) is 10.0. The van der Waals surface area contributed by atoms with Crippen LogP contribution in [0.3, 0.4) is 0 Å². The van der Waals surface area contributed by atoms with Gasteiger partial charge in [0.15, 0.2) is 11.6 Å². The molecule has 1 saturated carbocycles. The summed E-state index contributed by atoms with van der Waals surface area (Å²) in [5.74, 6) is -2.25. The van der Waals surface area contributed by atoms with E-state index in [1.807, 2.05) is 0 Å². The lowest BCUT2D eigenvalue weighted by molar-refractivity contribution is -0.122. The molecule has 0 unspecified atom stereocenters. The Kier molecular flexibility index (Phi) is 3.61. The summed E-state index contributed by atoms with van der Waals surface area (Å²) >= 11 is 0. The second kappa shape index (κ2) is 5.02. The van der Waals surface area contributed by atoms with Gasteiger partial charge in [-0.15, -0.1) is 0 Å². The standard InChI is InChI=1S/C13H16F2N2O/c14-10-5-4-9(8-11(10)15)17-12(18)13(16)6-2-1-3-7-13/h4-5,8H,1-3,6-7,16H2,(H,17,18). The molecule has 0 atom stereocenters. The van der Waals surface area contributed by atoms with Crippen molar-refractivity contribution in [2.45, 2.75) is 37.6 Å². The number of nitrogens with two attached hydrogens (primary N) is 1. The first-order valence-electron chi connectivity index (χ1n) is 6.07. The lowest BCUT2D eigenvalue weighted by Crippen LogP contribution is -2.52. The first-order chi connectivity index (χ1) is 8.51. The van der Waals surface area contributed by atoms with Gasteiger partial charge in [-0.2, -0.15) is 0 Å². The molecule has 5 heteroatoms. The van der Waals surface area contributed by atoms with Gasteiger partial charge in [-0.1, -0.05) is 19.3 Å². The van der Waals surface area contributed by atoms with Gasteiger partial charge >= 0.3 is 0 Å². The van der Waals surface area contributed by atoms with Gasteiger partial charge in [0.2, 0.25) is 5.91 Å². The van der Waals surface area contributed by atoms with Crippen LogP contribution in [0.4, 0.5) is 14.5 Å². The highest BCUT2D eigenvalue weighted by Crippen LogP contribution is 2.27. The smallest absolute Gasteiger partial charge is 0.244 e. The van der Waals surface area contributed by atoms with Crippen LogP contribution in [-0.2, 0) is 4.79 Å². The Morgan fingerprint density at radius 3 is 2.44 bits per heavy atom. The molecule has 0 spiro atoms. The Balaban J connectivity index is 2.08. The topological polar surface area (TPSA) is 55.1 Å². The van der Waals surface area contributed by atoms with E-state index in [0.29, 0.717) is 12.8 Å². The first kappa shape index (κ1) is 13.0. The SMILES string of the molecule is NC1(C(=O)Nc2ccc(F)c(F)c2)CCCCC1. The highest BCUT2D eigenvalue weighted by atomic mass is 19.2. The Morgan fingerprint density at radius 2 is 1.83 bits per heavy atom. The van der Waals surface area contributed by atoms with E-state index in [0.717, 1.165) is 31.4 Å². The van der Waals surface area contributed by atoms with Crippen LogP contribution in [0.25, 0.3) is 0 Å². The largest absolute Gasteiger partial charge is 0.324 e. The Morgan fingerprint density at radius 1 is 1.17 bits per heavy atom. The normalized spacial score (nSPS) is 18.4. The molecule has 18 heavy (non-hydrogen) atoms. The van der Waals surface area contributed by atoms with Crippen LogP contribution in [0, 0.1) is 11.6 Å². The summed E-state index contributed by atoms with van der Waals surface area (Å²) in [6.45, 7) is 0. The average molecular weight is 254 g/mol. The molecule has 1 aliphatic carbocycles. The van der Waals surface area contributed by atoms with Gasteiger partial charge in [-0.25, -0.2) is 8.78 Å². The zero-order chi connectivity index (χ0) is 13.2. The number of nitrogens with one attached hydrogen (secondary N) is 1. The van der Waals surface area contributed by atoms with Crippen LogP contribution in [0.15, 0.2) is 18.2 Å². The Bertz CT molecular complexity index is 456. The summed E-state index contributed by atoms with van der Waals surface area (Å²) in [4.78, 5) is 12.0. The third-order valence-electron chi connectivity index (χ3n) is 3.38. The molecule has 1 aliphatic rings. The molecule has 2 rings (SSSR count). The van der Waals surface area contributed by atoms with Crippen LogP contribution in [0.5, 0.6) is 0 Å². The molecule has 0 aliphatic heterocycles. The summed E-state index contributed by atoms with van der Waals surface area (Å²) in [5, 5.41) is 2.55. The van der Waals surface area contributed by atoms with Crippen molar-refractivity contribution in [3.63, 3.8) is 0 Å². The molecule has 0 aromatic heterocycles. The van der Waals surface area contributed by atoms with Crippen LogP contribution in [0.1, 0.15) is 32.1 Å². The van der Waals surface area contributed by atoms with Crippen LogP contribution < -0.4 is 11.1 Å². The number of hydrogen-bond acceptors (Lipinski definition) is 2. The molecule has 0 heterocycles. The second-order valence-corrected chi connectivity index (χ2v) is 4.80. The fourth-order valence-electron chi connectivity index (χ4n) is 2.24. The first-order valence-corrected chi connectivity index (χ1v) is 6.07. The van der Waals surface area contributed by atoms with Crippen LogP contribution in [0.2, 0.25) is 0 Å². The molecule has 0 bridgehead atoms. The van der Waals surface area contributed by atoms with E-state index in [2.05, 4.69) is 5.32 Å².